The second-order valence-corrected chi connectivity index (χ2v) is 5.53. The van der Waals surface area contributed by atoms with Crippen molar-refractivity contribution < 1.29 is 9.53 Å². The molecule has 0 bridgehead atoms. The number of carbonyl (C=O) groups excluding carboxylic acids is 1. The normalized spacial score (nSPS) is 16.1. The lowest BCUT2D eigenvalue weighted by Gasteiger charge is -2.21. The van der Waals surface area contributed by atoms with Gasteiger partial charge in [0.25, 0.3) is 0 Å². The van der Waals surface area contributed by atoms with Crippen molar-refractivity contribution in [2.45, 2.75) is 12.8 Å². The molecule has 1 aromatic rings. The van der Waals surface area contributed by atoms with E-state index in [1.807, 2.05) is 24.3 Å². The molecule has 0 radical (unpaired) electrons. The third-order valence-corrected chi connectivity index (χ3v) is 3.72. The average molecular weight is 327 g/mol. The molecule has 19 heavy (non-hydrogen) atoms. The van der Waals surface area contributed by atoms with Gasteiger partial charge in [-0.1, -0.05) is 15.9 Å². The van der Waals surface area contributed by atoms with Gasteiger partial charge in [-0.25, -0.2) is 0 Å². The summed E-state index contributed by atoms with van der Waals surface area (Å²) in [4.78, 5) is 11.9. The van der Waals surface area contributed by atoms with Gasteiger partial charge in [-0.05, 0) is 50.2 Å². The van der Waals surface area contributed by atoms with Crippen molar-refractivity contribution in [1.29, 1.82) is 0 Å². The molecule has 0 saturated carbocycles. The molecular formula is C14H19BrN2O2. The molecule has 1 aliphatic heterocycles. The van der Waals surface area contributed by atoms with Gasteiger partial charge in [0, 0.05) is 10.4 Å². The van der Waals surface area contributed by atoms with Crippen LogP contribution in [0.2, 0.25) is 0 Å². The maximum Gasteiger partial charge on any atom is 0.223 e. The van der Waals surface area contributed by atoms with Gasteiger partial charge in [0.15, 0.2) is 0 Å². The monoisotopic (exact) mass is 326 g/mol. The Labute approximate surface area is 122 Å². The fourth-order valence-corrected chi connectivity index (χ4v) is 2.37. The molecule has 0 aromatic heterocycles. The number of halogens is 1. The van der Waals surface area contributed by atoms with Crippen LogP contribution in [0, 0.1) is 5.92 Å². The molecule has 1 heterocycles. The van der Waals surface area contributed by atoms with Gasteiger partial charge < -0.3 is 15.4 Å². The fraction of sp³-hybridized carbons (Fsp3) is 0.500. The van der Waals surface area contributed by atoms with Crippen LogP contribution in [0.4, 0.5) is 0 Å². The lowest BCUT2D eigenvalue weighted by Crippen LogP contribution is -2.39. The van der Waals surface area contributed by atoms with E-state index in [1.54, 1.807) is 0 Å². The standard InChI is InChI=1S/C14H19BrN2O2/c15-12-1-3-13(4-2-12)19-10-9-17-14(18)11-5-7-16-8-6-11/h1-4,11,16H,5-10H2,(H,17,18). The minimum Gasteiger partial charge on any atom is -0.492 e. The first kappa shape index (κ1) is 14.3. The molecule has 0 unspecified atom stereocenters. The predicted octanol–water partition coefficient (Wildman–Crippen LogP) is 1.94. The van der Waals surface area contributed by atoms with Gasteiger partial charge in [0.2, 0.25) is 5.91 Å². The zero-order valence-corrected chi connectivity index (χ0v) is 12.4. The molecular weight excluding hydrogens is 308 g/mol. The fourth-order valence-electron chi connectivity index (χ4n) is 2.10. The Kier molecular flexibility index (Phi) is 5.66. The van der Waals surface area contributed by atoms with Gasteiger partial charge in [0.1, 0.15) is 12.4 Å². The highest BCUT2D eigenvalue weighted by atomic mass is 79.9. The summed E-state index contributed by atoms with van der Waals surface area (Å²) in [7, 11) is 0. The summed E-state index contributed by atoms with van der Waals surface area (Å²) >= 11 is 3.37. The molecule has 4 nitrogen and oxygen atoms in total. The number of hydrogen-bond donors (Lipinski definition) is 2. The van der Waals surface area contributed by atoms with E-state index in [9.17, 15) is 4.79 Å². The Hall–Kier alpha value is -1.07. The SMILES string of the molecule is O=C(NCCOc1ccc(Br)cc1)C1CCNCC1. The lowest BCUT2D eigenvalue weighted by molar-refractivity contribution is -0.125. The Morgan fingerprint density at radius 2 is 2.00 bits per heavy atom. The van der Waals surface area contributed by atoms with Crippen molar-refractivity contribution in [3.8, 4) is 5.75 Å². The Bertz CT molecular complexity index is 402. The second kappa shape index (κ2) is 7.50. The predicted molar refractivity (Wildman–Crippen MR) is 78.2 cm³/mol. The highest BCUT2D eigenvalue weighted by Gasteiger charge is 2.20. The summed E-state index contributed by atoms with van der Waals surface area (Å²) in [6.45, 7) is 2.93. The number of nitrogens with one attached hydrogen (secondary N) is 2. The van der Waals surface area contributed by atoms with E-state index in [0.717, 1.165) is 36.2 Å². The van der Waals surface area contributed by atoms with Crippen molar-refractivity contribution in [2.24, 2.45) is 5.92 Å². The largest absolute Gasteiger partial charge is 0.492 e. The molecule has 1 amide bonds. The summed E-state index contributed by atoms with van der Waals surface area (Å²) < 4.78 is 6.58. The maximum absolute atomic E-state index is 11.9. The number of hydrogen-bond acceptors (Lipinski definition) is 3. The third-order valence-electron chi connectivity index (χ3n) is 3.19. The summed E-state index contributed by atoms with van der Waals surface area (Å²) in [6.07, 6.45) is 1.86. The van der Waals surface area contributed by atoms with Crippen LogP contribution in [0.5, 0.6) is 5.75 Å². The van der Waals surface area contributed by atoms with Crippen molar-refractivity contribution in [3.05, 3.63) is 28.7 Å². The number of benzene rings is 1. The van der Waals surface area contributed by atoms with Crippen LogP contribution in [0.1, 0.15) is 12.8 Å². The van der Waals surface area contributed by atoms with E-state index in [0.29, 0.717) is 13.2 Å². The topological polar surface area (TPSA) is 50.4 Å². The molecule has 104 valence electrons. The molecule has 0 aliphatic carbocycles. The molecule has 1 fully saturated rings. The van der Waals surface area contributed by atoms with E-state index >= 15 is 0 Å². The number of carbonyl (C=O) groups is 1. The van der Waals surface area contributed by atoms with E-state index in [4.69, 9.17) is 4.74 Å². The first-order chi connectivity index (χ1) is 9.25. The lowest BCUT2D eigenvalue weighted by atomic mass is 9.97. The van der Waals surface area contributed by atoms with E-state index in [1.165, 1.54) is 0 Å². The molecule has 2 N–H and O–H groups in total. The van der Waals surface area contributed by atoms with Crippen LogP contribution in [0.3, 0.4) is 0 Å². The molecule has 0 atom stereocenters. The number of ether oxygens (including phenoxy) is 1. The van der Waals surface area contributed by atoms with E-state index in [-0.39, 0.29) is 11.8 Å². The second-order valence-electron chi connectivity index (χ2n) is 4.62. The van der Waals surface area contributed by atoms with Gasteiger partial charge in [0.05, 0.1) is 6.54 Å². The highest BCUT2D eigenvalue weighted by Crippen LogP contribution is 2.15. The Morgan fingerprint density at radius 3 is 2.68 bits per heavy atom. The van der Waals surface area contributed by atoms with E-state index < -0.39 is 0 Å². The van der Waals surface area contributed by atoms with E-state index in [2.05, 4.69) is 26.6 Å². The Balaban J connectivity index is 1.63. The van der Waals surface area contributed by atoms with Crippen LogP contribution in [-0.4, -0.2) is 32.1 Å². The number of rotatable bonds is 5. The van der Waals surface area contributed by atoms with Crippen LogP contribution in [0.25, 0.3) is 0 Å². The summed E-state index contributed by atoms with van der Waals surface area (Å²) in [5.74, 6) is 1.13. The first-order valence-electron chi connectivity index (χ1n) is 6.62. The molecule has 1 aromatic carbocycles. The van der Waals surface area contributed by atoms with Crippen molar-refractivity contribution in [2.75, 3.05) is 26.2 Å². The Morgan fingerprint density at radius 1 is 1.32 bits per heavy atom. The van der Waals surface area contributed by atoms with Crippen LogP contribution >= 0.6 is 15.9 Å². The number of piperidine rings is 1. The first-order valence-corrected chi connectivity index (χ1v) is 7.42. The quantitative estimate of drug-likeness (QED) is 0.813. The minimum absolute atomic E-state index is 0.154. The van der Waals surface area contributed by atoms with Crippen LogP contribution in [0.15, 0.2) is 28.7 Å². The van der Waals surface area contributed by atoms with Gasteiger partial charge in [-0.15, -0.1) is 0 Å². The molecule has 1 aliphatic rings. The minimum atomic E-state index is 0.154. The van der Waals surface area contributed by atoms with Crippen molar-refractivity contribution in [3.63, 3.8) is 0 Å². The van der Waals surface area contributed by atoms with Gasteiger partial charge in [-0.2, -0.15) is 0 Å². The van der Waals surface area contributed by atoms with Gasteiger partial charge in [-0.3, -0.25) is 4.79 Å². The van der Waals surface area contributed by atoms with Gasteiger partial charge >= 0.3 is 0 Å². The van der Waals surface area contributed by atoms with Crippen LogP contribution in [-0.2, 0) is 4.79 Å². The zero-order chi connectivity index (χ0) is 13.5. The van der Waals surface area contributed by atoms with Crippen molar-refractivity contribution >= 4 is 21.8 Å². The molecule has 5 heteroatoms. The highest BCUT2D eigenvalue weighted by molar-refractivity contribution is 9.10. The molecule has 1 saturated heterocycles. The zero-order valence-electron chi connectivity index (χ0n) is 10.8. The molecule has 0 spiro atoms. The third kappa shape index (κ3) is 4.84. The summed E-state index contributed by atoms with van der Waals surface area (Å²) in [5.41, 5.74) is 0. The van der Waals surface area contributed by atoms with Crippen LogP contribution < -0.4 is 15.4 Å². The summed E-state index contributed by atoms with van der Waals surface area (Å²) in [5, 5.41) is 6.19. The molecule has 2 rings (SSSR count). The summed E-state index contributed by atoms with van der Waals surface area (Å²) in [6, 6.07) is 7.67. The number of amides is 1. The van der Waals surface area contributed by atoms with Crippen molar-refractivity contribution in [1.82, 2.24) is 10.6 Å². The average Bonchev–Trinajstić information content (AvgIpc) is 2.46. The smallest absolute Gasteiger partial charge is 0.223 e. The maximum atomic E-state index is 11.9.